The summed E-state index contributed by atoms with van der Waals surface area (Å²) in [5, 5.41) is 9.95. The van der Waals surface area contributed by atoms with Gasteiger partial charge in [-0.1, -0.05) is 60.3 Å². The van der Waals surface area contributed by atoms with E-state index in [2.05, 4.69) is 39.0 Å². The van der Waals surface area contributed by atoms with Crippen LogP contribution in [0.15, 0.2) is 70.2 Å². The number of oxazole rings is 1. The van der Waals surface area contributed by atoms with Crippen LogP contribution in [0.5, 0.6) is 0 Å². The Hall–Kier alpha value is -2.86. The third kappa shape index (κ3) is 3.98. The van der Waals surface area contributed by atoms with E-state index in [4.69, 9.17) is 9.40 Å². The molecule has 1 aliphatic carbocycles. The first kappa shape index (κ1) is 18.2. The standard InChI is InChI=1S/C23H22N4OS/c1-16-20(24-22(28-16)19-10-6-3-7-11-19)15-29-23-26-25-21(18-12-13-18)27(23)14-17-8-4-2-5-9-17/h2-11,18H,12-15H2,1H3. The lowest BCUT2D eigenvalue weighted by Crippen LogP contribution is -2.06. The summed E-state index contributed by atoms with van der Waals surface area (Å²) >= 11 is 1.67. The molecule has 0 atom stereocenters. The van der Waals surface area contributed by atoms with Crippen molar-refractivity contribution >= 4 is 11.8 Å². The van der Waals surface area contributed by atoms with E-state index in [1.807, 2.05) is 43.3 Å². The molecule has 0 bridgehead atoms. The lowest BCUT2D eigenvalue weighted by molar-refractivity contribution is 0.540. The van der Waals surface area contributed by atoms with Gasteiger partial charge in [-0.15, -0.1) is 10.2 Å². The Morgan fingerprint density at radius 2 is 1.72 bits per heavy atom. The number of aromatic nitrogens is 4. The largest absolute Gasteiger partial charge is 0.441 e. The van der Waals surface area contributed by atoms with Crippen molar-refractivity contribution in [2.24, 2.45) is 0 Å². The maximum absolute atomic E-state index is 5.90. The molecule has 2 aromatic carbocycles. The first-order valence-electron chi connectivity index (χ1n) is 9.89. The maximum Gasteiger partial charge on any atom is 0.226 e. The molecule has 0 amide bonds. The second-order valence-electron chi connectivity index (χ2n) is 7.36. The molecular weight excluding hydrogens is 380 g/mol. The van der Waals surface area contributed by atoms with Crippen LogP contribution in [0.4, 0.5) is 0 Å². The SMILES string of the molecule is Cc1oc(-c2ccccc2)nc1CSc1nnc(C2CC2)n1Cc1ccccc1. The van der Waals surface area contributed by atoms with Gasteiger partial charge in [0.1, 0.15) is 11.6 Å². The number of hydrogen-bond acceptors (Lipinski definition) is 5. The molecule has 1 aliphatic rings. The van der Waals surface area contributed by atoms with Crippen LogP contribution in [0.3, 0.4) is 0 Å². The lowest BCUT2D eigenvalue weighted by atomic mass is 10.2. The van der Waals surface area contributed by atoms with Crippen molar-refractivity contribution in [3.05, 3.63) is 83.5 Å². The summed E-state index contributed by atoms with van der Waals surface area (Å²) in [6.07, 6.45) is 2.42. The van der Waals surface area contributed by atoms with Crippen molar-refractivity contribution in [1.82, 2.24) is 19.7 Å². The van der Waals surface area contributed by atoms with Crippen LogP contribution < -0.4 is 0 Å². The van der Waals surface area contributed by atoms with Crippen molar-refractivity contribution in [3.8, 4) is 11.5 Å². The van der Waals surface area contributed by atoms with Crippen molar-refractivity contribution in [2.75, 3.05) is 0 Å². The number of nitrogens with zero attached hydrogens (tertiary/aromatic N) is 4. The zero-order valence-corrected chi connectivity index (χ0v) is 17.1. The molecule has 0 radical (unpaired) electrons. The predicted octanol–water partition coefficient (Wildman–Crippen LogP) is 5.46. The monoisotopic (exact) mass is 402 g/mol. The minimum absolute atomic E-state index is 0.555. The van der Waals surface area contributed by atoms with Crippen LogP contribution in [-0.4, -0.2) is 19.7 Å². The van der Waals surface area contributed by atoms with Gasteiger partial charge in [0.05, 0.1) is 12.2 Å². The van der Waals surface area contributed by atoms with Crippen LogP contribution in [0.2, 0.25) is 0 Å². The third-order valence-corrected chi connectivity index (χ3v) is 6.10. The van der Waals surface area contributed by atoms with Gasteiger partial charge in [-0.2, -0.15) is 0 Å². The topological polar surface area (TPSA) is 56.7 Å². The molecular formula is C23H22N4OS. The predicted molar refractivity (Wildman–Crippen MR) is 114 cm³/mol. The minimum Gasteiger partial charge on any atom is -0.441 e. The molecule has 2 aromatic heterocycles. The van der Waals surface area contributed by atoms with Crippen molar-refractivity contribution in [1.29, 1.82) is 0 Å². The van der Waals surface area contributed by atoms with Gasteiger partial charge < -0.3 is 8.98 Å². The highest BCUT2D eigenvalue weighted by Gasteiger charge is 2.30. The Balaban J connectivity index is 1.37. The molecule has 1 fully saturated rings. The molecule has 146 valence electrons. The summed E-state index contributed by atoms with van der Waals surface area (Å²) in [4.78, 5) is 4.72. The Morgan fingerprint density at radius 1 is 1.00 bits per heavy atom. The summed E-state index contributed by atoms with van der Waals surface area (Å²) in [6, 6.07) is 20.5. The molecule has 1 saturated carbocycles. The third-order valence-electron chi connectivity index (χ3n) is 5.12. The molecule has 0 spiro atoms. The van der Waals surface area contributed by atoms with Gasteiger partial charge in [0.2, 0.25) is 5.89 Å². The van der Waals surface area contributed by atoms with Crippen molar-refractivity contribution in [3.63, 3.8) is 0 Å². The number of hydrogen-bond donors (Lipinski definition) is 0. The van der Waals surface area contributed by atoms with E-state index in [9.17, 15) is 0 Å². The van der Waals surface area contributed by atoms with Crippen LogP contribution in [0.25, 0.3) is 11.5 Å². The van der Waals surface area contributed by atoms with E-state index in [-0.39, 0.29) is 0 Å². The zero-order valence-electron chi connectivity index (χ0n) is 16.3. The van der Waals surface area contributed by atoms with Crippen LogP contribution in [0.1, 0.15) is 41.6 Å². The minimum atomic E-state index is 0.555. The number of aryl methyl sites for hydroxylation is 1. The summed E-state index contributed by atoms with van der Waals surface area (Å²) < 4.78 is 8.17. The fourth-order valence-corrected chi connectivity index (χ4v) is 4.31. The molecule has 29 heavy (non-hydrogen) atoms. The molecule has 2 heterocycles. The van der Waals surface area contributed by atoms with Crippen LogP contribution >= 0.6 is 11.8 Å². The first-order valence-corrected chi connectivity index (χ1v) is 10.9. The van der Waals surface area contributed by atoms with Gasteiger partial charge in [-0.05, 0) is 37.5 Å². The molecule has 4 aromatic rings. The Morgan fingerprint density at radius 3 is 2.45 bits per heavy atom. The Kier molecular flexibility index (Phi) is 4.94. The van der Waals surface area contributed by atoms with Gasteiger partial charge in [-0.25, -0.2) is 4.98 Å². The van der Waals surface area contributed by atoms with E-state index in [0.717, 1.165) is 34.5 Å². The van der Waals surface area contributed by atoms with Crippen LogP contribution in [0, 0.1) is 6.92 Å². The van der Waals surface area contributed by atoms with Gasteiger partial charge in [0, 0.05) is 17.2 Å². The van der Waals surface area contributed by atoms with E-state index < -0.39 is 0 Å². The Labute approximate surface area is 174 Å². The van der Waals surface area contributed by atoms with E-state index in [0.29, 0.717) is 17.6 Å². The van der Waals surface area contributed by atoms with Gasteiger partial charge >= 0.3 is 0 Å². The van der Waals surface area contributed by atoms with Gasteiger partial charge in [0.25, 0.3) is 0 Å². The lowest BCUT2D eigenvalue weighted by Gasteiger charge is -2.09. The second kappa shape index (κ2) is 7.87. The average Bonchev–Trinajstić information content (AvgIpc) is 3.43. The highest BCUT2D eigenvalue weighted by atomic mass is 32.2. The summed E-state index contributed by atoms with van der Waals surface area (Å²) in [7, 11) is 0. The molecule has 0 aliphatic heterocycles. The number of rotatable bonds is 7. The maximum atomic E-state index is 5.90. The Bertz CT molecular complexity index is 1100. The molecule has 6 heteroatoms. The van der Waals surface area contributed by atoms with E-state index >= 15 is 0 Å². The molecule has 0 unspecified atom stereocenters. The smallest absolute Gasteiger partial charge is 0.226 e. The molecule has 5 nitrogen and oxygen atoms in total. The second-order valence-corrected chi connectivity index (χ2v) is 8.31. The van der Waals surface area contributed by atoms with Gasteiger partial charge in [-0.3, -0.25) is 0 Å². The summed E-state index contributed by atoms with van der Waals surface area (Å²) in [5.74, 6) is 3.90. The van der Waals surface area contributed by atoms with Gasteiger partial charge in [0.15, 0.2) is 5.16 Å². The fraction of sp³-hybridized carbons (Fsp3) is 0.261. The fourth-order valence-electron chi connectivity index (χ4n) is 3.36. The molecule has 5 rings (SSSR count). The van der Waals surface area contributed by atoms with E-state index in [1.54, 1.807) is 11.8 Å². The molecule has 0 N–H and O–H groups in total. The van der Waals surface area contributed by atoms with E-state index in [1.165, 1.54) is 18.4 Å². The quantitative estimate of drug-likeness (QED) is 0.384. The first-order chi connectivity index (χ1) is 14.3. The summed E-state index contributed by atoms with van der Waals surface area (Å²) in [5.41, 5.74) is 3.21. The van der Waals surface area contributed by atoms with Crippen molar-refractivity contribution in [2.45, 2.75) is 43.1 Å². The van der Waals surface area contributed by atoms with Crippen molar-refractivity contribution < 1.29 is 4.42 Å². The molecule has 0 saturated heterocycles. The average molecular weight is 403 g/mol. The highest BCUT2D eigenvalue weighted by Crippen LogP contribution is 2.40. The normalized spacial score (nSPS) is 13.7. The highest BCUT2D eigenvalue weighted by molar-refractivity contribution is 7.98. The van der Waals surface area contributed by atoms with Crippen LogP contribution in [-0.2, 0) is 12.3 Å². The summed E-state index contributed by atoms with van der Waals surface area (Å²) in [6.45, 7) is 2.77. The number of thioether (sulfide) groups is 1. The zero-order chi connectivity index (χ0) is 19.6. The number of benzene rings is 2.